The molecule has 2 aromatic heterocycles. The third-order valence-electron chi connectivity index (χ3n) is 3.70. The summed E-state index contributed by atoms with van der Waals surface area (Å²) >= 11 is 0. The quantitative estimate of drug-likeness (QED) is 0.237. The maximum Gasteiger partial charge on any atom is 0.269 e. The van der Waals surface area contributed by atoms with Crippen LogP contribution in [-0.2, 0) is 0 Å². The van der Waals surface area contributed by atoms with Crippen LogP contribution in [0.1, 0.15) is 0 Å². The van der Waals surface area contributed by atoms with Crippen LogP contribution in [0.3, 0.4) is 0 Å². The Bertz CT molecular complexity index is 1190. The largest absolute Gasteiger partial charge is 0.439 e. The molecule has 0 radical (unpaired) electrons. The van der Waals surface area contributed by atoms with Crippen LogP contribution in [0.4, 0.5) is 23.0 Å². The number of nitrogens with two attached hydrogens (primary N) is 3. The molecular weight excluding hydrogens is 416 g/mol. The second-order valence-electron chi connectivity index (χ2n) is 6.09. The van der Waals surface area contributed by atoms with Gasteiger partial charge in [-0.3, -0.25) is 10.1 Å². The molecule has 12 nitrogen and oxygen atoms in total. The highest BCUT2D eigenvalue weighted by atomic mass is 16.6. The van der Waals surface area contributed by atoms with Crippen LogP contribution < -0.4 is 26.7 Å². The number of aromatic nitrogens is 4. The van der Waals surface area contributed by atoms with Crippen LogP contribution in [0.5, 0.6) is 23.3 Å². The smallest absolute Gasteiger partial charge is 0.269 e. The molecule has 0 amide bonds. The van der Waals surface area contributed by atoms with Gasteiger partial charge in [-0.25, -0.2) is 19.9 Å². The van der Waals surface area contributed by atoms with Gasteiger partial charge < -0.3 is 26.7 Å². The summed E-state index contributed by atoms with van der Waals surface area (Å²) in [5.74, 6) is 2.45. The number of ether oxygens (including phenoxy) is 2. The zero-order valence-corrected chi connectivity index (χ0v) is 16.5. The maximum absolute atomic E-state index is 10.4. The van der Waals surface area contributed by atoms with Crippen molar-refractivity contribution in [3.05, 3.63) is 83.4 Å². The zero-order chi connectivity index (χ0) is 22.9. The highest BCUT2D eigenvalue weighted by Crippen LogP contribution is 2.23. The van der Waals surface area contributed by atoms with Crippen molar-refractivity contribution in [3.63, 3.8) is 0 Å². The number of nitro benzene ring substituents is 1. The van der Waals surface area contributed by atoms with Gasteiger partial charge in [0.2, 0.25) is 11.8 Å². The summed E-state index contributed by atoms with van der Waals surface area (Å²) in [7, 11) is 0. The van der Waals surface area contributed by atoms with Crippen molar-refractivity contribution in [3.8, 4) is 23.3 Å². The third-order valence-corrected chi connectivity index (χ3v) is 3.70. The van der Waals surface area contributed by atoms with Crippen molar-refractivity contribution < 1.29 is 14.4 Å². The Kier molecular flexibility index (Phi) is 6.89. The highest BCUT2D eigenvalue weighted by Gasteiger charge is 2.05. The molecule has 0 bridgehead atoms. The van der Waals surface area contributed by atoms with E-state index in [2.05, 4.69) is 19.9 Å². The lowest BCUT2D eigenvalue weighted by Crippen LogP contribution is -1.94. The molecular formula is C20H18N8O4. The molecule has 0 aliphatic heterocycles. The molecule has 4 rings (SSSR count). The van der Waals surface area contributed by atoms with Crippen LogP contribution in [0.25, 0.3) is 0 Å². The number of nitrogen functional groups attached to an aromatic ring is 3. The Morgan fingerprint density at radius 1 is 0.688 bits per heavy atom. The number of nitro groups is 1. The summed E-state index contributed by atoms with van der Waals surface area (Å²) in [5, 5.41) is 10.4. The van der Waals surface area contributed by atoms with E-state index in [-0.39, 0.29) is 17.4 Å². The number of nitrogens with zero attached hydrogens (tertiary/aromatic N) is 5. The Hall–Kier alpha value is -5.00. The van der Waals surface area contributed by atoms with E-state index in [0.717, 1.165) is 0 Å². The van der Waals surface area contributed by atoms with Crippen LogP contribution in [0.15, 0.2) is 73.3 Å². The standard InChI is InChI=1S/C10H8N4O3.C10H10N4O/c11-9-5-10(13-6-12-9)17-8-3-1-7(2-4-8)14(15)16;11-7-1-3-8(4-2-7)15-10-5-9(12)13-6-14-10/h1-6H,(H2,11,12,13);1-6H,11H2,(H2,12,13,14). The van der Waals surface area contributed by atoms with Crippen molar-refractivity contribution in [2.24, 2.45) is 0 Å². The molecule has 2 aromatic carbocycles. The van der Waals surface area contributed by atoms with Gasteiger partial charge in [-0.1, -0.05) is 0 Å². The first-order valence-electron chi connectivity index (χ1n) is 9.00. The lowest BCUT2D eigenvalue weighted by atomic mass is 10.3. The minimum absolute atomic E-state index is 0.000415. The molecule has 2 heterocycles. The maximum atomic E-state index is 10.4. The lowest BCUT2D eigenvalue weighted by molar-refractivity contribution is -0.384. The minimum Gasteiger partial charge on any atom is -0.439 e. The normalized spacial score (nSPS) is 9.88. The predicted molar refractivity (Wildman–Crippen MR) is 117 cm³/mol. The molecule has 12 heteroatoms. The molecule has 6 N–H and O–H groups in total. The fourth-order valence-electron chi connectivity index (χ4n) is 2.23. The minimum atomic E-state index is -0.480. The molecule has 0 saturated heterocycles. The van der Waals surface area contributed by atoms with Gasteiger partial charge in [0.15, 0.2) is 0 Å². The first kappa shape index (κ1) is 21.7. The first-order valence-corrected chi connectivity index (χ1v) is 9.00. The van der Waals surface area contributed by atoms with Crippen molar-refractivity contribution in [2.45, 2.75) is 0 Å². The Balaban J connectivity index is 0.000000182. The van der Waals surface area contributed by atoms with Crippen LogP contribution in [0.2, 0.25) is 0 Å². The molecule has 0 atom stereocenters. The number of hydrogen-bond donors (Lipinski definition) is 3. The van der Waals surface area contributed by atoms with E-state index in [0.29, 0.717) is 28.9 Å². The summed E-state index contributed by atoms with van der Waals surface area (Å²) in [5.41, 5.74) is 17.2. The zero-order valence-electron chi connectivity index (χ0n) is 16.5. The van der Waals surface area contributed by atoms with Crippen LogP contribution >= 0.6 is 0 Å². The second-order valence-corrected chi connectivity index (χ2v) is 6.09. The molecule has 0 unspecified atom stereocenters. The third kappa shape index (κ3) is 6.52. The summed E-state index contributed by atoms with van der Waals surface area (Å²) in [4.78, 5) is 25.2. The highest BCUT2D eigenvalue weighted by molar-refractivity contribution is 5.43. The predicted octanol–water partition coefficient (Wildman–Crippen LogP) is 3.19. The topological polar surface area (TPSA) is 191 Å². The Morgan fingerprint density at radius 2 is 1.12 bits per heavy atom. The van der Waals surface area contributed by atoms with Crippen LogP contribution in [-0.4, -0.2) is 24.9 Å². The van der Waals surface area contributed by atoms with Gasteiger partial charge in [0, 0.05) is 30.0 Å². The fraction of sp³-hybridized carbons (Fsp3) is 0. The first-order chi connectivity index (χ1) is 15.4. The van der Waals surface area contributed by atoms with E-state index in [9.17, 15) is 10.1 Å². The number of anilines is 3. The average Bonchev–Trinajstić information content (AvgIpc) is 2.76. The van der Waals surface area contributed by atoms with Crippen molar-refractivity contribution in [2.75, 3.05) is 17.2 Å². The van der Waals surface area contributed by atoms with Crippen molar-refractivity contribution in [1.29, 1.82) is 0 Å². The second kappa shape index (κ2) is 10.2. The van der Waals surface area contributed by atoms with E-state index in [1.807, 2.05) is 0 Å². The van der Waals surface area contributed by atoms with Gasteiger partial charge in [-0.15, -0.1) is 0 Å². The molecule has 0 aliphatic rings. The van der Waals surface area contributed by atoms with Crippen molar-refractivity contribution >= 4 is 23.0 Å². The summed E-state index contributed by atoms with van der Waals surface area (Å²) in [6, 6.07) is 15.7. The van der Waals surface area contributed by atoms with Gasteiger partial charge in [0.05, 0.1) is 4.92 Å². The Morgan fingerprint density at radius 3 is 1.53 bits per heavy atom. The molecule has 0 fully saturated rings. The van der Waals surface area contributed by atoms with Gasteiger partial charge in [-0.2, -0.15) is 0 Å². The monoisotopic (exact) mass is 434 g/mol. The van der Waals surface area contributed by atoms with Crippen LogP contribution in [0, 0.1) is 10.1 Å². The summed E-state index contributed by atoms with van der Waals surface area (Å²) < 4.78 is 10.8. The van der Waals surface area contributed by atoms with Gasteiger partial charge in [0.25, 0.3) is 5.69 Å². The van der Waals surface area contributed by atoms with Gasteiger partial charge in [0.1, 0.15) is 35.8 Å². The Labute approximate surface area is 181 Å². The number of benzene rings is 2. The van der Waals surface area contributed by atoms with E-state index in [1.165, 1.54) is 43.0 Å². The molecule has 0 saturated carbocycles. The molecule has 0 aliphatic carbocycles. The van der Waals surface area contributed by atoms with Gasteiger partial charge >= 0.3 is 0 Å². The molecule has 0 spiro atoms. The summed E-state index contributed by atoms with van der Waals surface area (Å²) in [6.45, 7) is 0. The molecule has 162 valence electrons. The van der Waals surface area contributed by atoms with Gasteiger partial charge in [-0.05, 0) is 36.4 Å². The number of non-ortho nitro benzene ring substituents is 1. The summed E-state index contributed by atoms with van der Waals surface area (Å²) in [6.07, 6.45) is 2.62. The van der Waals surface area contributed by atoms with E-state index in [4.69, 9.17) is 26.7 Å². The SMILES string of the molecule is Nc1cc(Oc2ccc([N+](=O)[O-])cc2)ncn1.Nc1ccc(Oc2cc(N)ncn2)cc1. The number of hydrogen-bond acceptors (Lipinski definition) is 11. The number of rotatable bonds is 5. The van der Waals surface area contributed by atoms with E-state index < -0.39 is 4.92 Å². The van der Waals surface area contributed by atoms with Crippen molar-refractivity contribution in [1.82, 2.24) is 19.9 Å². The fourth-order valence-corrected chi connectivity index (χ4v) is 2.23. The average molecular weight is 434 g/mol. The molecule has 32 heavy (non-hydrogen) atoms. The molecule has 4 aromatic rings. The lowest BCUT2D eigenvalue weighted by Gasteiger charge is -2.04. The van der Waals surface area contributed by atoms with E-state index in [1.54, 1.807) is 30.3 Å². The van der Waals surface area contributed by atoms with E-state index >= 15 is 0 Å².